The topological polar surface area (TPSA) is 237 Å². The van der Waals surface area contributed by atoms with Gasteiger partial charge in [0.15, 0.2) is 12.2 Å². The molecular formula is C79H146O17P2. The van der Waals surface area contributed by atoms with E-state index in [1.54, 1.807) is 0 Å². The van der Waals surface area contributed by atoms with Crippen LogP contribution in [-0.4, -0.2) is 96.7 Å². The van der Waals surface area contributed by atoms with Gasteiger partial charge in [0.25, 0.3) is 0 Å². The van der Waals surface area contributed by atoms with Gasteiger partial charge in [0, 0.05) is 25.7 Å². The number of rotatable bonds is 76. The molecule has 0 aromatic rings. The van der Waals surface area contributed by atoms with Crippen LogP contribution in [-0.2, 0) is 65.4 Å². The van der Waals surface area contributed by atoms with Crippen LogP contribution in [0.25, 0.3) is 0 Å². The summed E-state index contributed by atoms with van der Waals surface area (Å²) in [5.74, 6) is -2.17. The van der Waals surface area contributed by atoms with Gasteiger partial charge in [-0.2, -0.15) is 0 Å². The van der Waals surface area contributed by atoms with Crippen molar-refractivity contribution in [3.8, 4) is 0 Å². The van der Waals surface area contributed by atoms with Gasteiger partial charge in [-0.3, -0.25) is 37.3 Å². The number of carbonyl (C=O) groups is 4. The van der Waals surface area contributed by atoms with Gasteiger partial charge in [-0.1, -0.05) is 288 Å². The molecule has 0 saturated carbocycles. The Labute approximate surface area is 597 Å². The SMILES string of the molecule is CCCCC/C=C\C/C=C\CCCCCCCC(=O)OCC(COP(=O)(O)OCC(O)COP(=O)(O)OCC(COC(=O)CCCCCCC/C=C\CCCCCCCC)OC(=O)CCCCCCC/C=C\CCCCCC)OC(=O)CCCCCCCCCCCCCCCCC. The van der Waals surface area contributed by atoms with Crippen molar-refractivity contribution < 1.29 is 80.2 Å². The molecule has 0 bridgehead atoms. The van der Waals surface area contributed by atoms with Gasteiger partial charge in [-0.25, -0.2) is 9.13 Å². The lowest BCUT2D eigenvalue weighted by atomic mass is 10.0. The molecule has 19 heteroatoms. The first kappa shape index (κ1) is 95.0. The predicted octanol–water partition coefficient (Wildman–Crippen LogP) is 22.9. The molecule has 574 valence electrons. The Morgan fingerprint density at radius 3 is 0.796 bits per heavy atom. The van der Waals surface area contributed by atoms with Crippen molar-refractivity contribution in [2.45, 2.75) is 393 Å². The lowest BCUT2D eigenvalue weighted by Crippen LogP contribution is -2.30. The van der Waals surface area contributed by atoms with E-state index in [9.17, 15) is 43.2 Å². The Kier molecular flexibility index (Phi) is 70.2. The second-order valence-electron chi connectivity index (χ2n) is 27.0. The zero-order valence-corrected chi connectivity index (χ0v) is 64.5. The largest absolute Gasteiger partial charge is 0.472 e. The fourth-order valence-electron chi connectivity index (χ4n) is 11.1. The number of unbranched alkanes of at least 4 members (excludes halogenated alkanes) is 42. The molecule has 98 heavy (non-hydrogen) atoms. The molecule has 0 rings (SSSR count). The summed E-state index contributed by atoms with van der Waals surface area (Å²) in [6, 6.07) is 0. The van der Waals surface area contributed by atoms with E-state index in [0.717, 1.165) is 148 Å². The Morgan fingerprint density at radius 1 is 0.286 bits per heavy atom. The predicted molar refractivity (Wildman–Crippen MR) is 400 cm³/mol. The fourth-order valence-corrected chi connectivity index (χ4v) is 12.7. The van der Waals surface area contributed by atoms with Gasteiger partial charge in [0.05, 0.1) is 26.4 Å². The van der Waals surface area contributed by atoms with Gasteiger partial charge in [-0.05, 0) is 109 Å². The molecule has 0 amide bonds. The van der Waals surface area contributed by atoms with Crippen LogP contribution in [0.5, 0.6) is 0 Å². The normalized spacial score (nSPS) is 14.2. The summed E-state index contributed by atoms with van der Waals surface area (Å²) in [6.45, 7) is 4.87. The zero-order valence-electron chi connectivity index (χ0n) is 62.7. The number of hydrogen-bond acceptors (Lipinski definition) is 15. The third-order valence-electron chi connectivity index (χ3n) is 17.3. The first-order valence-corrected chi connectivity index (χ1v) is 42.9. The number of aliphatic hydroxyl groups is 1. The van der Waals surface area contributed by atoms with E-state index in [-0.39, 0.29) is 25.7 Å². The van der Waals surface area contributed by atoms with Crippen LogP contribution in [0.2, 0.25) is 0 Å². The number of ether oxygens (including phenoxy) is 4. The van der Waals surface area contributed by atoms with E-state index in [2.05, 4.69) is 76.3 Å². The standard InChI is InChI=1S/C79H146O17P2/c1-5-9-13-17-21-25-29-33-36-40-43-47-51-55-59-63-76(81)89-69-74(95-78(83)65-61-57-53-49-45-39-32-28-24-20-16-12-8-4)71-93-97(85,86)91-67-73(80)68-92-98(87,88)94-72-75(96-79(84)66-62-58-54-50-46-42-38-35-31-27-23-19-15-11-7-3)70-90-77(82)64-60-56-52-48-44-41-37-34-30-26-22-18-14-10-6-2/h22,26,28,32-34,36-37,73-75,80H,5-21,23-25,27,29-31,35,38-72H2,1-4H3,(H,85,86)(H,87,88)/b26-22-,32-28-,36-33-,37-34-. The summed E-state index contributed by atoms with van der Waals surface area (Å²) in [7, 11) is -9.94. The van der Waals surface area contributed by atoms with Gasteiger partial charge in [0.1, 0.15) is 19.3 Å². The number of hydrogen-bond donors (Lipinski definition) is 3. The number of phosphoric ester groups is 2. The number of esters is 4. The molecule has 0 aliphatic heterocycles. The van der Waals surface area contributed by atoms with Crippen molar-refractivity contribution in [3.05, 3.63) is 48.6 Å². The molecule has 0 aliphatic rings. The fraction of sp³-hybridized carbons (Fsp3) is 0.848. The van der Waals surface area contributed by atoms with Crippen LogP contribution in [0.1, 0.15) is 374 Å². The van der Waals surface area contributed by atoms with Gasteiger partial charge < -0.3 is 33.8 Å². The lowest BCUT2D eigenvalue weighted by Gasteiger charge is -2.21. The molecule has 5 atom stereocenters. The Hall–Kier alpha value is -2.98. The van der Waals surface area contributed by atoms with E-state index in [1.165, 1.54) is 148 Å². The number of phosphoric acid groups is 2. The van der Waals surface area contributed by atoms with Crippen molar-refractivity contribution in [3.63, 3.8) is 0 Å². The summed E-state index contributed by atoms with van der Waals surface area (Å²) >= 11 is 0. The molecule has 3 N–H and O–H groups in total. The highest BCUT2D eigenvalue weighted by Gasteiger charge is 2.30. The number of aliphatic hydroxyl groups excluding tert-OH is 1. The van der Waals surface area contributed by atoms with E-state index in [0.29, 0.717) is 25.7 Å². The molecule has 0 radical (unpaired) electrons. The van der Waals surface area contributed by atoms with E-state index in [1.807, 2.05) is 0 Å². The van der Waals surface area contributed by atoms with Crippen molar-refractivity contribution in [1.29, 1.82) is 0 Å². The van der Waals surface area contributed by atoms with Crippen LogP contribution in [0.4, 0.5) is 0 Å². The quantitative estimate of drug-likeness (QED) is 0.0169. The first-order chi connectivity index (χ1) is 47.7. The molecule has 0 saturated heterocycles. The highest BCUT2D eigenvalue weighted by molar-refractivity contribution is 7.47. The maximum Gasteiger partial charge on any atom is 0.472 e. The lowest BCUT2D eigenvalue weighted by molar-refractivity contribution is -0.161. The van der Waals surface area contributed by atoms with Crippen molar-refractivity contribution in [2.24, 2.45) is 0 Å². The number of allylic oxidation sites excluding steroid dienone is 8. The third kappa shape index (κ3) is 71.4. The summed E-state index contributed by atoms with van der Waals surface area (Å²) < 4.78 is 68.6. The second kappa shape index (κ2) is 72.4. The number of carbonyl (C=O) groups excluding carboxylic acids is 4. The minimum Gasteiger partial charge on any atom is -0.462 e. The van der Waals surface area contributed by atoms with Crippen LogP contribution >= 0.6 is 15.6 Å². The molecule has 0 aliphatic carbocycles. The third-order valence-corrected chi connectivity index (χ3v) is 19.2. The van der Waals surface area contributed by atoms with E-state index in [4.69, 9.17) is 37.0 Å². The highest BCUT2D eigenvalue weighted by Crippen LogP contribution is 2.45. The second-order valence-corrected chi connectivity index (χ2v) is 29.9. The average molecular weight is 1430 g/mol. The summed E-state index contributed by atoms with van der Waals surface area (Å²) in [4.78, 5) is 72.9. The van der Waals surface area contributed by atoms with Gasteiger partial charge in [0.2, 0.25) is 0 Å². The Bertz CT molecular complexity index is 2050. The smallest absolute Gasteiger partial charge is 0.462 e. The maximum atomic E-state index is 13.1. The molecule has 17 nitrogen and oxygen atoms in total. The van der Waals surface area contributed by atoms with Crippen LogP contribution in [0.15, 0.2) is 48.6 Å². The molecule has 0 spiro atoms. The van der Waals surface area contributed by atoms with Crippen LogP contribution in [0, 0.1) is 0 Å². The van der Waals surface area contributed by atoms with E-state index >= 15 is 0 Å². The maximum absolute atomic E-state index is 13.1. The minimum atomic E-state index is -4.97. The van der Waals surface area contributed by atoms with E-state index < -0.39 is 97.5 Å². The molecular weight excluding hydrogens is 1280 g/mol. The first-order valence-electron chi connectivity index (χ1n) is 39.9. The van der Waals surface area contributed by atoms with Gasteiger partial charge in [-0.15, -0.1) is 0 Å². The molecule has 0 aromatic heterocycles. The Morgan fingerprint density at radius 2 is 0.500 bits per heavy atom. The monoisotopic (exact) mass is 1430 g/mol. The zero-order chi connectivity index (χ0) is 71.8. The molecule has 5 unspecified atom stereocenters. The summed E-state index contributed by atoms with van der Waals surface area (Å²) in [5.41, 5.74) is 0. The average Bonchev–Trinajstić information content (AvgIpc) is 1.04. The minimum absolute atomic E-state index is 0.0883. The summed E-state index contributed by atoms with van der Waals surface area (Å²) in [6.07, 6.45) is 69.4. The molecule has 0 aromatic carbocycles. The van der Waals surface area contributed by atoms with Crippen molar-refractivity contribution in [2.75, 3.05) is 39.6 Å². The van der Waals surface area contributed by atoms with Gasteiger partial charge >= 0.3 is 39.5 Å². The molecule has 0 fully saturated rings. The summed E-state index contributed by atoms with van der Waals surface area (Å²) in [5, 5.41) is 10.6. The Balaban J connectivity index is 5.32. The van der Waals surface area contributed by atoms with Crippen LogP contribution in [0.3, 0.4) is 0 Å². The van der Waals surface area contributed by atoms with Crippen LogP contribution < -0.4 is 0 Å². The molecule has 0 heterocycles. The van der Waals surface area contributed by atoms with Crippen molar-refractivity contribution in [1.82, 2.24) is 0 Å². The van der Waals surface area contributed by atoms with Crippen molar-refractivity contribution >= 4 is 39.5 Å². The highest BCUT2D eigenvalue weighted by atomic mass is 31.2.